The van der Waals surface area contributed by atoms with Gasteiger partial charge in [0.15, 0.2) is 0 Å². The number of methoxy groups -OCH3 is 1. The minimum Gasteiger partial charge on any atom is -0.383 e. The SMILES string of the molecule is COCC(Br)CN(C)C(=O)Cc1ccc(F)cc1. The van der Waals surface area contributed by atoms with Gasteiger partial charge in [-0.1, -0.05) is 28.1 Å². The summed E-state index contributed by atoms with van der Waals surface area (Å²) in [5.74, 6) is -0.290. The van der Waals surface area contributed by atoms with Crippen LogP contribution < -0.4 is 0 Å². The first-order chi connectivity index (χ1) is 8.52. The molecule has 0 aliphatic rings. The van der Waals surface area contributed by atoms with Crippen LogP contribution in [-0.4, -0.2) is 42.9 Å². The number of benzene rings is 1. The van der Waals surface area contributed by atoms with Crippen LogP contribution >= 0.6 is 15.9 Å². The fraction of sp³-hybridized carbons (Fsp3) is 0.462. The standard InChI is InChI=1S/C13H17BrFNO2/c1-16(8-11(14)9-18-2)13(17)7-10-3-5-12(15)6-4-10/h3-6,11H,7-9H2,1-2H3. The lowest BCUT2D eigenvalue weighted by atomic mass is 10.1. The van der Waals surface area contributed by atoms with Gasteiger partial charge in [0.05, 0.1) is 17.9 Å². The molecule has 0 heterocycles. The third-order valence-electron chi connectivity index (χ3n) is 2.51. The first kappa shape index (κ1) is 15.1. The van der Waals surface area contributed by atoms with E-state index < -0.39 is 0 Å². The van der Waals surface area contributed by atoms with Crippen LogP contribution in [0.4, 0.5) is 4.39 Å². The smallest absolute Gasteiger partial charge is 0.226 e. The zero-order valence-corrected chi connectivity index (χ0v) is 12.1. The van der Waals surface area contributed by atoms with E-state index in [1.165, 1.54) is 12.1 Å². The van der Waals surface area contributed by atoms with E-state index in [0.29, 0.717) is 13.2 Å². The van der Waals surface area contributed by atoms with Crippen LogP contribution in [0.5, 0.6) is 0 Å². The topological polar surface area (TPSA) is 29.5 Å². The van der Waals surface area contributed by atoms with Crippen molar-refractivity contribution in [3.8, 4) is 0 Å². The van der Waals surface area contributed by atoms with Crippen molar-refractivity contribution >= 4 is 21.8 Å². The lowest BCUT2D eigenvalue weighted by molar-refractivity contribution is -0.129. The second kappa shape index (κ2) is 7.48. The van der Waals surface area contributed by atoms with E-state index in [4.69, 9.17) is 4.74 Å². The van der Waals surface area contributed by atoms with Crippen LogP contribution in [0.25, 0.3) is 0 Å². The first-order valence-electron chi connectivity index (χ1n) is 5.64. The molecule has 1 rings (SSSR count). The van der Waals surface area contributed by atoms with Gasteiger partial charge in [-0.2, -0.15) is 0 Å². The molecule has 0 radical (unpaired) electrons. The molecule has 0 bridgehead atoms. The van der Waals surface area contributed by atoms with Gasteiger partial charge in [-0.3, -0.25) is 4.79 Å². The van der Waals surface area contributed by atoms with Crippen molar-refractivity contribution < 1.29 is 13.9 Å². The molecule has 3 nitrogen and oxygen atoms in total. The zero-order chi connectivity index (χ0) is 13.5. The van der Waals surface area contributed by atoms with Crippen molar-refractivity contribution in [2.45, 2.75) is 11.2 Å². The van der Waals surface area contributed by atoms with Gasteiger partial charge in [0, 0.05) is 20.7 Å². The number of nitrogens with zero attached hydrogens (tertiary/aromatic N) is 1. The molecular weight excluding hydrogens is 301 g/mol. The Balaban J connectivity index is 2.46. The number of carbonyl (C=O) groups excluding carboxylic acids is 1. The molecule has 0 aliphatic carbocycles. The summed E-state index contributed by atoms with van der Waals surface area (Å²) in [6.45, 7) is 1.13. The van der Waals surface area contributed by atoms with Crippen molar-refractivity contribution in [3.63, 3.8) is 0 Å². The molecule has 0 saturated heterocycles. The van der Waals surface area contributed by atoms with Crippen LogP contribution in [0.2, 0.25) is 0 Å². The summed E-state index contributed by atoms with van der Waals surface area (Å²) in [4.78, 5) is 13.7. The summed E-state index contributed by atoms with van der Waals surface area (Å²) in [6.07, 6.45) is 0.281. The number of halogens is 2. The Morgan fingerprint density at radius 1 is 1.44 bits per heavy atom. The first-order valence-corrected chi connectivity index (χ1v) is 6.56. The van der Waals surface area contributed by atoms with Gasteiger partial charge >= 0.3 is 0 Å². The number of ether oxygens (including phenoxy) is 1. The third-order valence-corrected chi connectivity index (χ3v) is 3.07. The van der Waals surface area contributed by atoms with Crippen LogP contribution in [0, 0.1) is 5.82 Å². The number of carbonyl (C=O) groups is 1. The Kier molecular flexibility index (Phi) is 6.29. The predicted molar refractivity (Wildman–Crippen MR) is 72.3 cm³/mol. The number of likely N-dealkylation sites (N-methyl/N-ethyl adjacent to an activating group) is 1. The zero-order valence-electron chi connectivity index (χ0n) is 10.5. The van der Waals surface area contributed by atoms with E-state index >= 15 is 0 Å². The quantitative estimate of drug-likeness (QED) is 0.753. The minimum atomic E-state index is -0.292. The third kappa shape index (κ3) is 5.14. The van der Waals surface area contributed by atoms with Crippen molar-refractivity contribution in [1.29, 1.82) is 0 Å². The number of hydrogen-bond acceptors (Lipinski definition) is 2. The minimum absolute atomic E-state index is 0.00200. The Labute approximate surface area is 115 Å². The number of hydrogen-bond donors (Lipinski definition) is 0. The van der Waals surface area contributed by atoms with Crippen LogP contribution in [0.15, 0.2) is 24.3 Å². The lowest BCUT2D eigenvalue weighted by Gasteiger charge is -2.20. The summed E-state index contributed by atoms with van der Waals surface area (Å²) in [6, 6.07) is 5.98. The number of rotatable bonds is 6. The van der Waals surface area contributed by atoms with Crippen molar-refractivity contribution in [2.75, 3.05) is 27.3 Å². The molecule has 18 heavy (non-hydrogen) atoms. The Hall–Kier alpha value is -0.940. The van der Waals surface area contributed by atoms with Gasteiger partial charge in [0.2, 0.25) is 5.91 Å². The predicted octanol–water partition coefficient (Wildman–Crippen LogP) is 2.24. The van der Waals surface area contributed by atoms with E-state index in [2.05, 4.69) is 15.9 Å². The maximum absolute atomic E-state index is 12.7. The normalized spacial score (nSPS) is 12.2. The van der Waals surface area contributed by atoms with Gasteiger partial charge in [-0.25, -0.2) is 4.39 Å². The highest BCUT2D eigenvalue weighted by Crippen LogP contribution is 2.07. The van der Waals surface area contributed by atoms with Gasteiger partial charge in [-0.15, -0.1) is 0 Å². The van der Waals surface area contributed by atoms with Crippen LogP contribution in [-0.2, 0) is 16.0 Å². The monoisotopic (exact) mass is 317 g/mol. The molecule has 1 amide bonds. The van der Waals surface area contributed by atoms with E-state index in [1.807, 2.05) is 0 Å². The number of amides is 1. The largest absolute Gasteiger partial charge is 0.383 e. The molecule has 0 spiro atoms. The maximum Gasteiger partial charge on any atom is 0.226 e. The van der Waals surface area contributed by atoms with E-state index in [0.717, 1.165) is 5.56 Å². The van der Waals surface area contributed by atoms with Crippen molar-refractivity contribution in [1.82, 2.24) is 4.90 Å². The Bertz CT molecular complexity index is 383. The molecule has 5 heteroatoms. The average Bonchev–Trinajstić information content (AvgIpc) is 2.32. The maximum atomic E-state index is 12.7. The Morgan fingerprint density at radius 3 is 2.61 bits per heavy atom. The molecule has 0 fully saturated rings. The highest BCUT2D eigenvalue weighted by Gasteiger charge is 2.13. The highest BCUT2D eigenvalue weighted by atomic mass is 79.9. The van der Waals surface area contributed by atoms with Gasteiger partial charge in [-0.05, 0) is 17.7 Å². The second-order valence-corrected chi connectivity index (χ2v) is 5.43. The van der Waals surface area contributed by atoms with Crippen molar-refractivity contribution in [2.24, 2.45) is 0 Å². The summed E-state index contributed by atoms with van der Waals surface area (Å²) in [7, 11) is 3.37. The average molecular weight is 318 g/mol. The van der Waals surface area contributed by atoms with Crippen LogP contribution in [0.3, 0.4) is 0 Å². The molecule has 0 N–H and O–H groups in total. The Morgan fingerprint density at radius 2 is 2.06 bits per heavy atom. The van der Waals surface area contributed by atoms with E-state index in [-0.39, 0.29) is 23.0 Å². The summed E-state index contributed by atoms with van der Waals surface area (Å²) in [5.41, 5.74) is 0.811. The van der Waals surface area contributed by atoms with Crippen LogP contribution in [0.1, 0.15) is 5.56 Å². The number of alkyl halides is 1. The molecule has 1 unspecified atom stereocenters. The van der Waals surface area contributed by atoms with E-state index in [9.17, 15) is 9.18 Å². The van der Waals surface area contributed by atoms with E-state index in [1.54, 1.807) is 31.2 Å². The fourth-order valence-electron chi connectivity index (χ4n) is 1.54. The highest BCUT2D eigenvalue weighted by molar-refractivity contribution is 9.09. The van der Waals surface area contributed by atoms with Gasteiger partial charge in [0.25, 0.3) is 0 Å². The molecular formula is C13H17BrFNO2. The van der Waals surface area contributed by atoms with Gasteiger partial charge in [0.1, 0.15) is 5.82 Å². The molecule has 0 saturated carbocycles. The molecule has 0 aromatic heterocycles. The molecule has 1 atom stereocenters. The summed E-state index contributed by atoms with van der Waals surface area (Å²) in [5, 5.41) is 0. The lowest BCUT2D eigenvalue weighted by Crippen LogP contribution is -2.34. The second-order valence-electron chi connectivity index (χ2n) is 4.13. The molecule has 1 aromatic carbocycles. The molecule has 1 aromatic rings. The van der Waals surface area contributed by atoms with Gasteiger partial charge < -0.3 is 9.64 Å². The van der Waals surface area contributed by atoms with Crippen molar-refractivity contribution in [3.05, 3.63) is 35.6 Å². The molecule has 100 valence electrons. The fourth-order valence-corrected chi connectivity index (χ4v) is 2.24. The molecule has 0 aliphatic heterocycles. The summed E-state index contributed by atoms with van der Waals surface area (Å²) < 4.78 is 17.7. The summed E-state index contributed by atoms with van der Waals surface area (Å²) >= 11 is 3.43.